The van der Waals surface area contributed by atoms with Crippen molar-refractivity contribution in [2.75, 3.05) is 0 Å². The molecular weight excluding hydrogens is 264 g/mol. The molecule has 0 saturated heterocycles. The molecule has 110 valence electrons. The van der Waals surface area contributed by atoms with Crippen LogP contribution in [0.5, 0.6) is 5.75 Å². The predicted molar refractivity (Wildman–Crippen MR) is 78.1 cm³/mol. The Labute approximate surface area is 124 Å². The Bertz CT molecular complexity index is 648. The van der Waals surface area contributed by atoms with Gasteiger partial charge in [-0.3, -0.25) is 9.59 Å². The highest BCUT2D eigenvalue weighted by Gasteiger charge is 2.57. The molecule has 21 heavy (non-hydrogen) atoms. The summed E-state index contributed by atoms with van der Waals surface area (Å²) in [6.45, 7) is 2.01. The van der Waals surface area contributed by atoms with Gasteiger partial charge in [0.15, 0.2) is 0 Å². The summed E-state index contributed by atoms with van der Waals surface area (Å²) in [5.41, 5.74) is 1.79. The molecule has 3 nitrogen and oxygen atoms in total. The smallest absolute Gasteiger partial charge is 0.141 e. The predicted octanol–water partition coefficient (Wildman–Crippen LogP) is 3.00. The SMILES string of the molecule is C[C@]12CC(=O)[C@@H]3c4ccc(O)cc4CC[C@@H]3[C@@H]1CCC2=O. The van der Waals surface area contributed by atoms with E-state index in [0.717, 1.165) is 30.4 Å². The van der Waals surface area contributed by atoms with E-state index in [1.54, 1.807) is 12.1 Å². The molecule has 0 radical (unpaired) electrons. The first kappa shape index (κ1) is 13.1. The number of carbonyl (C=O) groups is 2. The molecule has 1 aromatic rings. The van der Waals surface area contributed by atoms with Crippen LogP contribution in [0.15, 0.2) is 18.2 Å². The zero-order valence-corrected chi connectivity index (χ0v) is 12.3. The van der Waals surface area contributed by atoms with Gasteiger partial charge in [-0.05, 0) is 54.4 Å². The largest absolute Gasteiger partial charge is 0.508 e. The van der Waals surface area contributed by atoms with Crippen molar-refractivity contribution in [3.05, 3.63) is 29.3 Å². The Morgan fingerprint density at radius 3 is 2.81 bits per heavy atom. The number of benzene rings is 1. The van der Waals surface area contributed by atoms with Crippen molar-refractivity contribution in [1.82, 2.24) is 0 Å². The molecule has 0 unspecified atom stereocenters. The number of ketones is 2. The molecule has 2 fully saturated rings. The molecule has 2 saturated carbocycles. The summed E-state index contributed by atoms with van der Waals surface area (Å²) in [5.74, 6) is 1.39. The molecule has 3 aliphatic rings. The van der Waals surface area contributed by atoms with E-state index in [1.807, 2.05) is 13.0 Å². The fourth-order valence-electron chi connectivity index (χ4n) is 5.16. The van der Waals surface area contributed by atoms with Crippen LogP contribution in [0, 0.1) is 17.3 Å². The maximum absolute atomic E-state index is 12.8. The number of fused-ring (bicyclic) bond motifs is 5. The summed E-state index contributed by atoms with van der Waals surface area (Å²) in [4.78, 5) is 25.0. The van der Waals surface area contributed by atoms with Crippen LogP contribution in [0.2, 0.25) is 0 Å². The zero-order valence-electron chi connectivity index (χ0n) is 12.3. The molecule has 4 atom stereocenters. The fraction of sp³-hybridized carbons (Fsp3) is 0.556. The van der Waals surface area contributed by atoms with Crippen molar-refractivity contribution in [2.45, 2.75) is 44.9 Å². The molecule has 3 heteroatoms. The number of phenolic OH excluding ortho intramolecular Hbond substituents is 1. The normalized spacial score (nSPS) is 37.9. The third kappa shape index (κ3) is 1.66. The Morgan fingerprint density at radius 2 is 2.00 bits per heavy atom. The summed E-state index contributed by atoms with van der Waals surface area (Å²) in [7, 11) is 0. The topological polar surface area (TPSA) is 54.4 Å². The number of Topliss-reactive ketones (excluding diaryl/α,β-unsaturated/α-hetero) is 2. The first-order valence-corrected chi connectivity index (χ1v) is 7.88. The standard InChI is InChI=1S/C18H20O3/c1-18-9-15(20)17-12-5-3-11(19)8-10(12)2-4-13(17)14(18)6-7-16(18)21/h3,5,8,13-14,17,19H,2,4,6-7,9H2,1H3/t13-,14+,17-,18+/m1/s1. The number of hydrogen-bond donors (Lipinski definition) is 1. The fourth-order valence-corrected chi connectivity index (χ4v) is 5.16. The second-order valence-corrected chi connectivity index (χ2v) is 7.19. The Balaban J connectivity index is 1.80. The second-order valence-electron chi connectivity index (χ2n) is 7.19. The van der Waals surface area contributed by atoms with Crippen molar-refractivity contribution in [2.24, 2.45) is 17.3 Å². The average molecular weight is 284 g/mol. The van der Waals surface area contributed by atoms with Crippen LogP contribution in [-0.4, -0.2) is 16.7 Å². The van der Waals surface area contributed by atoms with Gasteiger partial charge in [-0.25, -0.2) is 0 Å². The van der Waals surface area contributed by atoms with E-state index in [1.165, 1.54) is 0 Å². The van der Waals surface area contributed by atoms with E-state index in [-0.39, 0.29) is 23.2 Å². The first-order valence-electron chi connectivity index (χ1n) is 7.88. The Hall–Kier alpha value is -1.64. The minimum absolute atomic E-state index is 0.0571. The highest BCUT2D eigenvalue weighted by atomic mass is 16.3. The zero-order chi connectivity index (χ0) is 14.8. The molecule has 1 aromatic carbocycles. The number of rotatable bonds is 0. The van der Waals surface area contributed by atoms with Crippen LogP contribution in [-0.2, 0) is 16.0 Å². The lowest BCUT2D eigenvalue weighted by Gasteiger charge is -2.47. The summed E-state index contributed by atoms with van der Waals surface area (Å²) in [6, 6.07) is 5.40. The summed E-state index contributed by atoms with van der Waals surface area (Å²) in [6.07, 6.45) is 3.84. The van der Waals surface area contributed by atoms with Crippen LogP contribution < -0.4 is 0 Å². The molecule has 3 aliphatic carbocycles. The van der Waals surface area contributed by atoms with Gasteiger partial charge in [-0.15, -0.1) is 0 Å². The van der Waals surface area contributed by atoms with E-state index in [2.05, 4.69) is 0 Å². The van der Waals surface area contributed by atoms with Crippen LogP contribution in [0.25, 0.3) is 0 Å². The number of hydrogen-bond acceptors (Lipinski definition) is 3. The molecule has 0 aromatic heterocycles. The van der Waals surface area contributed by atoms with Crippen molar-refractivity contribution >= 4 is 11.6 Å². The molecule has 0 amide bonds. The van der Waals surface area contributed by atoms with E-state index in [4.69, 9.17) is 0 Å². The summed E-state index contributed by atoms with van der Waals surface area (Å²) in [5, 5.41) is 9.65. The van der Waals surface area contributed by atoms with Crippen LogP contribution in [0.3, 0.4) is 0 Å². The molecule has 1 N–H and O–H groups in total. The van der Waals surface area contributed by atoms with E-state index < -0.39 is 5.41 Å². The summed E-state index contributed by atoms with van der Waals surface area (Å²) < 4.78 is 0. The minimum Gasteiger partial charge on any atom is -0.508 e. The third-order valence-corrected chi connectivity index (χ3v) is 6.18. The molecular formula is C18H20O3. The van der Waals surface area contributed by atoms with Gasteiger partial charge in [0.05, 0.1) is 0 Å². The number of phenols is 1. The molecule has 0 heterocycles. The van der Waals surface area contributed by atoms with Gasteiger partial charge in [-0.1, -0.05) is 13.0 Å². The average Bonchev–Trinajstić information content (AvgIpc) is 2.74. The van der Waals surface area contributed by atoms with Gasteiger partial charge >= 0.3 is 0 Å². The van der Waals surface area contributed by atoms with Gasteiger partial charge in [0, 0.05) is 24.2 Å². The maximum Gasteiger partial charge on any atom is 0.141 e. The molecule has 0 aliphatic heterocycles. The van der Waals surface area contributed by atoms with Crippen LogP contribution >= 0.6 is 0 Å². The van der Waals surface area contributed by atoms with Crippen molar-refractivity contribution < 1.29 is 14.7 Å². The molecule has 0 spiro atoms. The lowest BCUT2D eigenvalue weighted by atomic mass is 9.55. The maximum atomic E-state index is 12.8. The van der Waals surface area contributed by atoms with Gasteiger partial charge in [0.1, 0.15) is 17.3 Å². The number of carbonyl (C=O) groups excluding carboxylic acids is 2. The minimum atomic E-state index is -0.410. The molecule has 4 rings (SSSR count). The van der Waals surface area contributed by atoms with E-state index >= 15 is 0 Å². The van der Waals surface area contributed by atoms with Gasteiger partial charge in [0.25, 0.3) is 0 Å². The van der Waals surface area contributed by atoms with E-state index in [9.17, 15) is 14.7 Å². The van der Waals surface area contributed by atoms with Crippen molar-refractivity contribution in [3.8, 4) is 5.75 Å². The highest BCUT2D eigenvalue weighted by Crippen LogP contribution is 2.58. The monoisotopic (exact) mass is 284 g/mol. The first-order chi connectivity index (χ1) is 10.0. The van der Waals surface area contributed by atoms with E-state index in [0.29, 0.717) is 24.7 Å². The number of aromatic hydroxyl groups is 1. The van der Waals surface area contributed by atoms with Crippen molar-refractivity contribution in [3.63, 3.8) is 0 Å². The second kappa shape index (κ2) is 4.19. The highest BCUT2D eigenvalue weighted by molar-refractivity contribution is 5.97. The van der Waals surface area contributed by atoms with Gasteiger partial charge < -0.3 is 5.11 Å². The van der Waals surface area contributed by atoms with Crippen molar-refractivity contribution in [1.29, 1.82) is 0 Å². The number of aryl methyl sites for hydroxylation is 1. The molecule has 0 bridgehead atoms. The van der Waals surface area contributed by atoms with Crippen LogP contribution in [0.4, 0.5) is 0 Å². The Morgan fingerprint density at radius 1 is 1.19 bits per heavy atom. The van der Waals surface area contributed by atoms with Gasteiger partial charge in [0.2, 0.25) is 0 Å². The van der Waals surface area contributed by atoms with Gasteiger partial charge in [-0.2, -0.15) is 0 Å². The third-order valence-electron chi connectivity index (χ3n) is 6.18. The lowest BCUT2D eigenvalue weighted by Crippen LogP contribution is -2.47. The lowest BCUT2D eigenvalue weighted by molar-refractivity contribution is -0.139. The summed E-state index contributed by atoms with van der Waals surface area (Å²) >= 11 is 0. The quantitative estimate of drug-likeness (QED) is 0.797. The Kier molecular flexibility index (Phi) is 2.60. The van der Waals surface area contributed by atoms with Crippen LogP contribution in [0.1, 0.15) is 49.7 Å².